The van der Waals surface area contributed by atoms with Crippen molar-refractivity contribution in [3.8, 4) is 0 Å². The molecule has 0 aliphatic carbocycles. The largest absolute Gasteiger partial charge is 0.361 e. The number of amidine groups is 1. The van der Waals surface area contributed by atoms with E-state index in [1.54, 1.807) is 11.3 Å². The maximum absolute atomic E-state index is 4.56. The van der Waals surface area contributed by atoms with Gasteiger partial charge in [-0.3, -0.25) is 4.99 Å². The summed E-state index contributed by atoms with van der Waals surface area (Å²) in [5.74, 6) is 1.16. The Morgan fingerprint density at radius 1 is 1.62 bits per heavy atom. The molecule has 2 rings (SSSR count). The molecule has 0 aromatic carbocycles. The zero-order valence-electron chi connectivity index (χ0n) is 9.69. The molecule has 88 valence electrons. The van der Waals surface area contributed by atoms with Crippen molar-refractivity contribution in [3.05, 3.63) is 16.1 Å². The van der Waals surface area contributed by atoms with Crippen molar-refractivity contribution in [2.24, 2.45) is 4.99 Å². The van der Waals surface area contributed by atoms with E-state index in [1.807, 2.05) is 18.7 Å². The van der Waals surface area contributed by atoms with Crippen LogP contribution in [0.15, 0.2) is 10.4 Å². The highest BCUT2D eigenvalue weighted by molar-refractivity contribution is 8.14. The quantitative estimate of drug-likeness (QED) is 0.898. The Morgan fingerprint density at radius 3 is 3.12 bits per heavy atom. The lowest BCUT2D eigenvalue weighted by Crippen LogP contribution is -2.25. The number of aryl methyl sites for hydroxylation is 1. The number of nitrogens with one attached hydrogen (secondary N) is 1. The lowest BCUT2D eigenvalue weighted by Gasteiger charge is -2.04. The number of aromatic nitrogens is 1. The zero-order valence-corrected chi connectivity index (χ0v) is 11.3. The van der Waals surface area contributed by atoms with Crippen LogP contribution in [-0.4, -0.2) is 28.5 Å². The van der Waals surface area contributed by atoms with Crippen LogP contribution in [-0.2, 0) is 6.42 Å². The first-order chi connectivity index (χ1) is 7.78. The summed E-state index contributed by atoms with van der Waals surface area (Å²) in [7, 11) is 0. The molecule has 0 amide bonds. The molecule has 1 fully saturated rings. The number of aliphatic imine (C=N–C) groups is 1. The molecule has 1 aromatic heterocycles. The van der Waals surface area contributed by atoms with Crippen LogP contribution in [0.1, 0.15) is 24.0 Å². The third kappa shape index (κ3) is 3.22. The Morgan fingerprint density at radius 2 is 2.50 bits per heavy atom. The molecule has 1 aliphatic rings. The SMILES string of the molecule is CCC1CSC(=NCCc2nc(C)cs2)N1. The first-order valence-corrected chi connectivity index (χ1v) is 7.49. The van der Waals surface area contributed by atoms with Gasteiger partial charge in [-0.25, -0.2) is 4.98 Å². The normalized spacial score (nSPS) is 22.6. The number of nitrogens with zero attached hydrogens (tertiary/aromatic N) is 2. The summed E-state index contributed by atoms with van der Waals surface area (Å²) in [6.45, 7) is 5.09. The minimum absolute atomic E-state index is 0.617. The summed E-state index contributed by atoms with van der Waals surface area (Å²) in [6, 6.07) is 0.617. The molecule has 0 spiro atoms. The van der Waals surface area contributed by atoms with Crippen LogP contribution >= 0.6 is 23.1 Å². The molecule has 1 atom stereocenters. The smallest absolute Gasteiger partial charge is 0.156 e. The molecule has 1 N–H and O–H groups in total. The summed E-state index contributed by atoms with van der Waals surface area (Å²) in [5, 5.41) is 7.83. The summed E-state index contributed by atoms with van der Waals surface area (Å²) in [5.41, 5.74) is 1.12. The monoisotopic (exact) mass is 255 g/mol. The fourth-order valence-corrected chi connectivity index (χ4v) is 3.40. The highest BCUT2D eigenvalue weighted by Crippen LogP contribution is 2.16. The van der Waals surface area contributed by atoms with Gasteiger partial charge >= 0.3 is 0 Å². The van der Waals surface area contributed by atoms with Crippen molar-refractivity contribution < 1.29 is 0 Å². The third-order valence-corrected chi connectivity index (χ3v) is 4.61. The van der Waals surface area contributed by atoms with E-state index in [1.165, 1.54) is 11.4 Å². The van der Waals surface area contributed by atoms with Gasteiger partial charge in [0.05, 0.1) is 5.01 Å². The Kier molecular flexibility index (Phi) is 4.23. The molecule has 1 aliphatic heterocycles. The van der Waals surface area contributed by atoms with E-state index in [0.29, 0.717) is 6.04 Å². The van der Waals surface area contributed by atoms with E-state index in [-0.39, 0.29) is 0 Å². The molecule has 0 bridgehead atoms. The fraction of sp³-hybridized carbons (Fsp3) is 0.636. The minimum Gasteiger partial charge on any atom is -0.361 e. The standard InChI is InChI=1S/C11H17N3S2/c1-3-9-7-16-11(14-9)12-5-4-10-13-8(2)6-15-10/h6,9H,3-5,7H2,1-2H3,(H,12,14). The maximum atomic E-state index is 4.56. The minimum atomic E-state index is 0.617. The molecule has 1 aromatic rings. The second-order valence-electron chi connectivity index (χ2n) is 3.88. The molecule has 0 radical (unpaired) electrons. The van der Waals surface area contributed by atoms with E-state index in [9.17, 15) is 0 Å². The summed E-state index contributed by atoms with van der Waals surface area (Å²) in [6.07, 6.45) is 2.14. The average Bonchev–Trinajstić information content (AvgIpc) is 2.88. The van der Waals surface area contributed by atoms with E-state index in [4.69, 9.17) is 0 Å². The first-order valence-electron chi connectivity index (χ1n) is 5.62. The van der Waals surface area contributed by atoms with E-state index >= 15 is 0 Å². The van der Waals surface area contributed by atoms with Gasteiger partial charge in [0.2, 0.25) is 0 Å². The molecule has 3 nitrogen and oxygen atoms in total. The molecule has 1 unspecified atom stereocenters. The van der Waals surface area contributed by atoms with Gasteiger partial charge in [-0.05, 0) is 13.3 Å². The molecular formula is C11H17N3S2. The van der Waals surface area contributed by atoms with E-state index < -0.39 is 0 Å². The predicted octanol–water partition coefficient (Wildman–Crippen LogP) is 2.47. The number of rotatable bonds is 4. The van der Waals surface area contributed by atoms with Crippen LogP contribution < -0.4 is 5.32 Å². The maximum Gasteiger partial charge on any atom is 0.156 e. The Balaban J connectivity index is 1.77. The van der Waals surface area contributed by atoms with Crippen LogP contribution in [0.3, 0.4) is 0 Å². The van der Waals surface area contributed by atoms with Gasteiger partial charge in [0, 0.05) is 35.8 Å². The second-order valence-corrected chi connectivity index (χ2v) is 5.83. The first kappa shape index (κ1) is 11.9. The molecular weight excluding hydrogens is 238 g/mol. The van der Waals surface area contributed by atoms with Gasteiger partial charge in [0.1, 0.15) is 0 Å². The van der Waals surface area contributed by atoms with Crippen molar-refractivity contribution in [1.82, 2.24) is 10.3 Å². The van der Waals surface area contributed by atoms with Crippen LogP contribution in [0.4, 0.5) is 0 Å². The van der Waals surface area contributed by atoms with Crippen molar-refractivity contribution >= 4 is 28.3 Å². The van der Waals surface area contributed by atoms with Crippen molar-refractivity contribution in [2.45, 2.75) is 32.7 Å². The van der Waals surface area contributed by atoms with Crippen LogP contribution in [0.2, 0.25) is 0 Å². The van der Waals surface area contributed by atoms with Gasteiger partial charge in [-0.15, -0.1) is 11.3 Å². The van der Waals surface area contributed by atoms with Crippen molar-refractivity contribution in [1.29, 1.82) is 0 Å². The molecule has 5 heteroatoms. The average molecular weight is 255 g/mol. The van der Waals surface area contributed by atoms with Crippen molar-refractivity contribution in [2.75, 3.05) is 12.3 Å². The van der Waals surface area contributed by atoms with Crippen LogP contribution in [0, 0.1) is 6.92 Å². The highest BCUT2D eigenvalue weighted by atomic mass is 32.2. The van der Waals surface area contributed by atoms with Crippen LogP contribution in [0.5, 0.6) is 0 Å². The van der Waals surface area contributed by atoms with Crippen LogP contribution in [0.25, 0.3) is 0 Å². The summed E-state index contributed by atoms with van der Waals surface area (Å²) < 4.78 is 0. The lowest BCUT2D eigenvalue weighted by atomic mass is 10.3. The highest BCUT2D eigenvalue weighted by Gasteiger charge is 2.17. The van der Waals surface area contributed by atoms with E-state index in [2.05, 4.69) is 27.6 Å². The fourth-order valence-electron chi connectivity index (χ4n) is 1.52. The van der Waals surface area contributed by atoms with Gasteiger partial charge in [0.25, 0.3) is 0 Å². The second kappa shape index (κ2) is 5.68. The van der Waals surface area contributed by atoms with Gasteiger partial charge in [-0.1, -0.05) is 18.7 Å². The number of thiazole rings is 1. The predicted molar refractivity (Wildman–Crippen MR) is 72.5 cm³/mol. The molecule has 0 saturated carbocycles. The summed E-state index contributed by atoms with van der Waals surface area (Å²) >= 11 is 3.57. The number of thioether (sulfide) groups is 1. The molecule has 2 heterocycles. The Bertz CT molecular complexity index is 373. The third-order valence-electron chi connectivity index (χ3n) is 2.49. The number of hydrogen-bond acceptors (Lipinski definition) is 4. The van der Waals surface area contributed by atoms with Crippen molar-refractivity contribution in [3.63, 3.8) is 0 Å². The summed E-state index contributed by atoms with van der Waals surface area (Å²) in [4.78, 5) is 8.99. The zero-order chi connectivity index (χ0) is 11.4. The Labute approximate surface area is 105 Å². The lowest BCUT2D eigenvalue weighted by molar-refractivity contribution is 0.666. The number of hydrogen-bond donors (Lipinski definition) is 1. The molecule has 1 saturated heterocycles. The van der Waals surface area contributed by atoms with E-state index in [0.717, 1.165) is 29.6 Å². The Hall–Kier alpha value is -0.550. The molecule has 16 heavy (non-hydrogen) atoms. The van der Waals surface area contributed by atoms with Gasteiger partial charge in [0.15, 0.2) is 5.17 Å². The van der Waals surface area contributed by atoms with Gasteiger partial charge in [-0.2, -0.15) is 0 Å². The topological polar surface area (TPSA) is 37.3 Å². The van der Waals surface area contributed by atoms with Gasteiger partial charge < -0.3 is 5.32 Å².